The predicted molar refractivity (Wildman–Crippen MR) is 130 cm³/mol. The molecule has 0 aromatic heterocycles. The Kier molecular flexibility index (Phi) is 9.83. The first-order chi connectivity index (χ1) is 16.8. The number of amides is 2. The van der Waals surface area contributed by atoms with Crippen molar-refractivity contribution in [2.24, 2.45) is 11.7 Å². The highest BCUT2D eigenvalue weighted by Gasteiger charge is 2.29. The van der Waals surface area contributed by atoms with Crippen molar-refractivity contribution < 1.29 is 27.8 Å². The number of nitrogens with one attached hydrogen (secondary N) is 2. The third-order valence-electron chi connectivity index (χ3n) is 6.00. The Morgan fingerprint density at radius 3 is 2.46 bits per heavy atom. The van der Waals surface area contributed by atoms with E-state index < -0.39 is 24.2 Å². The van der Waals surface area contributed by atoms with E-state index in [-0.39, 0.29) is 35.3 Å². The predicted octanol–water partition coefficient (Wildman–Crippen LogP) is 4.63. The monoisotopic (exact) mass is 509 g/mol. The van der Waals surface area contributed by atoms with Crippen LogP contribution in [0.15, 0.2) is 36.4 Å². The van der Waals surface area contributed by atoms with Gasteiger partial charge in [0.05, 0.1) is 22.8 Å². The number of halogens is 3. The summed E-state index contributed by atoms with van der Waals surface area (Å²) in [6.45, 7) is 0.811. The molecule has 1 fully saturated rings. The first kappa shape index (κ1) is 26.8. The number of methoxy groups -OCH3 is 1. The number of benzene rings is 2. The summed E-state index contributed by atoms with van der Waals surface area (Å²) in [4.78, 5) is 25.9. The Labute approximate surface area is 208 Å². The van der Waals surface area contributed by atoms with Crippen molar-refractivity contribution in [2.45, 2.75) is 44.7 Å². The third kappa shape index (κ3) is 7.37. The molecule has 0 unspecified atom stereocenters. The second-order valence-electron chi connectivity index (χ2n) is 8.44. The Morgan fingerprint density at radius 2 is 1.80 bits per heavy atom. The van der Waals surface area contributed by atoms with Crippen LogP contribution < -0.4 is 21.1 Å². The Bertz CT molecular complexity index is 1030. The van der Waals surface area contributed by atoms with E-state index in [1.807, 2.05) is 0 Å². The normalized spacial score (nSPS) is 17.8. The van der Waals surface area contributed by atoms with E-state index >= 15 is 0 Å². The molecule has 1 saturated carbocycles. The van der Waals surface area contributed by atoms with Gasteiger partial charge in [0.1, 0.15) is 12.4 Å². The van der Waals surface area contributed by atoms with Crippen molar-refractivity contribution in [1.29, 1.82) is 0 Å². The summed E-state index contributed by atoms with van der Waals surface area (Å²) in [6, 6.07) is 9.47. The Hall–Kier alpha value is -2.75. The minimum atomic E-state index is -2.34. The van der Waals surface area contributed by atoms with Gasteiger partial charge in [-0.2, -0.15) is 0 Å². The first-order valence-electron chi connectivity index (χ1n) is 11.5. The first-order valence-corrected chi connectivity index (χ1v) is 11.8. The highest BCUT2D eigenvalue weighted by molar-refractivity contribution is 6.34. The van der Waals surface area contributed by atoms with Crippen molar-refractivity contribution in [3.05, 3.63) is 58.1 Å². The summed E-state index contributed by atoms with van der Waals surface area (Å²) in [5, 5.41) is 5.95. The van der Waals surface area contributed by atoms with Crippen molar-refractivity contribution >= 4 is 29.1 Å². The molecule has 35 heavy (non-hydrogen) atoms. The lowest BCUT2D eigenvalue weighted by Gasteiger charge is -2.28. The molecule has 3 rings (SSSR count). The molecular formula is C25H30ClF2N3O4. The summed E-state index contributed by atoms with van der Waals surface area (Å²) in [6.07, 6.45) is -0.663. The minimum Gasteiger partial charge on any atom is -0.490 e. The number of rotatable bonds is 10. The highest BCUT2D eigenvalue weighted by atomic mass is 35.5. The van der Waals surface area contributed by atoms with Crippen LogP contribution in [0.2, 0.25) is 5.02 Å². The van der Waals surface area contributed by atoms with Gasteiger partial charge in [0.2, 0.25) is 6.43 Å². The van der Waals surface area contributed by atoms with Crippen molar-refractivity contribution in [1.82, 2.24) is 5.32 Å². The van der Waals surface area contributed by atoms with Gasteiger partial charge in [-0.1, -0.05) is 17.7 Å². The van der Waals surface area contributed by atoms with Gasteiger partial charge in [-0.15, -0.1) is 0 Å². The summed E-state index contributed by atoms with van der Waals surface area (Å²) < 4.78 is 36.6. The fraction of sp³-hybridized carbons (Fsp3) is 0.440. The summed E-state index contributed by atoms with van der Waals surface area (Å²) in [7, 11) is 1.54. The average Bonchev–Trinajstić information content (AvgIpc) is 2.85. The SMILES string of the molecule is COCCOc1ccc(NC(=O)c2cc(CN)ccc2Cl)cc1C(=O)N[C@H]1CC[C@H](C(F)F)CC1. The second-order valence-corrected chi connectivity index (χ2v) is 8.85. The maximum Gasteiger partial charge on any atom is 0.257 e. The van der Waals surface area contributed by atoms with Crippen LogP contribution in [-0.2, 0) is 11.3 Å². The molecule has 0 aliphatic heterocycles. The molecule has 2 amide bonds. The molecule has 0 spiro atoms. The fourth-order valence-electron chi connectivity index (χ4n) is 4.00. The van der Waals surface area contributed by atoms with Gasteiger partial charge in [0.25, 0.3) is 11.8 Å². The number of nitrogens with two attached hydrogens (primary N) is 1. The second kappa shape index (κ2) is 12.8. The maximum absolute atomic E-state index is 13.1. The van der Waals surface area contributed by atoms with E-state index in [1.54, 1.807) is 30.3 Å². The molecule has 0 radical (unpaired) electrons. The van der Waals surface area contributed by atoms with Gasteiger partial charge in [-0.05, 0) is 61.6 Å². The quantitative estimate of drug-likeness (QED) is 0.405. The van der Waals surface area contributed by atoms with Gasteiger partial charge in [0.15, 0.2) is 0 Å². The maximum atomic E-state index is 13.1. The summed E-state index contributed by atoms with van der Waals surface area (Å²) in [5.74, 6) is -1.16. The minimum absolute atomic E-state index is 0.208. The van der Waals surface area contributed by atoms with E-state index in [2.05, 4.69) is 10.6 Å². The van der Waals surface area contributed by atoms with Gasteiger partial charge >= 0.3 is 0 Å². The number of carbonyl (C=O) groups is 2. The van der Waals surface area contributed by atoms with Gasteiger partial charge < -0.3 is 25.8 Å². The molecule has 190 valence electrons. The number of anilines is 1. The van der Waals surface area contributed by atoms with Crippen LogP contribution in [0, 0.1) is 5.92 Å². The van der Waals surface area contributed by atoms with Crippen molar-refractivity contribution in [2.75, 3.05) is 25.6 Å². The molecule has 1 aliphatic carbocycles. The van der Waals surface area contributed by atoms with Crippen LogP contribution in [0.5, 0.6) is 5.75 Å². The molecule has 7 nitrogen and oxygen atoms in total. The molecule has 10 heteroatoms. The van der Waals surface area contributed by atoms with E-state index in [0.717, 1.165) is 5.56 Å². The van der Waals surface area contributed by atoms with Crippen LogP contribution in [0.1, 0.15) is 52.0 Å². The van der Waals surface area contributed by atoms with E-state index in [1.165, 1.54) is 13.2 Å². The average molecular weight is 510 g/mol. The summed E-state index contributed by atoms with van der Waals surface area (Å²) in [5.41, 5.74) is 7.26. The van der Waals surface area contributed by atoms with Crippen LogP contribution in [0.3, 0.4) is 0 Å². The fourth-order valence-corrected chi connectivity index (χ4v) is 4.20. The van der Waals surface area contributed by atoms with E-state index in [0.29, 0.717) is 43.7 Å². The molecule has 2 aromatic rings. The highest BCUT2D eigenvalue weighted by Crippen LogP contribution is 2.30. The van der Waals surface area contributed by atoms with Gasteiger partial charge in [-0.3, -0.25) is 9.59 Å². The zero-order chi connectivity index (χ0) is 25.4. The van der Waals surface area contributed by atoms with Crippen molar-refractivity contribution in [3.8, 4) is 5.75 Å². The number of hydrogen-bond donors (Lipinski definition) is 3. The van der Waals surface area contributed by atoms with Crippen molar-refractivity contribution in [3.63, 3.8) is 0 Å². The largest absolute Gasteiger partial charge is 0.490 e. The van der Waals surface area contributed by atoms with Crippen LogP contribution in [0.4, 0.5) is 14.5 Å². The standard InChI is InChI=1S/C25H30ClF2N3O4/c1-34-10-11-35-22-9-7-18(31-24(32)19-12-15(14-29)2-8-21(19)26)13-20(22)25(33)30-17-5-3-16(4-6-17)23(27)28/h2,7-9,12-13,16-17,23H,3-6,10-11,14,29H2,1H3,(H,30,33)(H,31,32)/t16-,17-. The molecule has 2 aromatic carbocycles. The van der Waals surface area contributed by atoms with E-state index in [9.17, 15) is 18.4 Å². The van der Waals surface area contributed by atoms with Gasteiger partial charge in [-0.25, -0.2) is 8.78 Å². The lowest BCUT2D eigenvalue weighted by Crippen LogP contribution is -2.38. The zero-order valence-electron chi connectivity index (χ0n) is 19.5. The topological polar surface area (TPSA) is 103 Å². The molecule has 0 atom stereocenters. The number of hydrogen-bond acceptors (Lipinski definition) is 5. The third-order valence-corrected chi connectivity index (χ3v) is 6.33. The molecule has 4 N–H and O–H groups in total. The zero-order valence-corrected chi connectivity index (χ0v) is 20.2. The lowest BCUT2D eigenvalue weighted by atomic mass is 9.86. The number of ether oxygens (including phenoxy) is 2. The van der Waals surface area contributed by atoms with Crippen LogP contribution in [-0.4, -0.2) is 44.6 Å². The van der Waals surface area contributed by atoms with Crippen LogP contribution >= 0.6 is 11.6 Å². The number of alkyl halides is 2. The summed E-state index contributed by atoms with van der Waals surface area (Å²) >= 11 is 6.19. The smallest absolute Gasteiger partial charge is 0.257 e. The lowest BCUT2D eigenvalue weighted by molar-refractivity contribution is 0.0499. The molecule has 1 aliphatic rings. The number of carbonyl (C=O) groups excluding carboxylic acids is 2. The van der Waals surface area contributed by atoms with Crippen LogP contribution in [0.25, 0.3) is 0 Å². The molecule has 0 heterocycles. The molecule has 0 saturated heterocycles. The van der Waals surface area contributed by atoms with Gasteiger partial charge in [0, 0.05) is 31.3 Å². The Balaban J connectivity index is 1.77. The van der Waals surface area contributed by atoms with E-state index in [4.69, 9.17) is 26.8 Å². The molecular weight excluding hydrogens is 480 g/mol. The Morgan fingerprint density at radius 1 is 1.06 bits per heavy atom. The molecule has 0 bridgehead atoms.